The highest BCUT2D eigenvalue weighted by molar-refractivity contribution is 6.45. The molecular formula is C21H23N3O6. The number of hydrogen-bond acceptors (Lipinski definition) is 6. The second kappa shape index (κ2) is 7.00. The van der Waals surface area contributed by atoms with Gasteiger partial charge in [0.15, 0.2) is 11.5 Å². The van der Waals surface area contributed by atoms with Crippen LogP contribution in [0.1, 0.15) is 32.6 Å². The van der Waals surface area contributed by atoms with Gasteiger partial charge in [0.25, 0.3) is 0 Å². The van der Waals surface area contributed by atoms with E-state index in [-0.39, 0.29) is 18.8 Å². The number of anilines is 1. The van der Waals surface area contributed by atoms with E-state index >= 15 is 0 Å². The largest absolute Gasteiger partial charge is 0.454 e. The van der Waals surface area contributed by atoms with Crippen molar-refractivity contribution in [2.75, 3.05) is 18.7 Å². The van der Waals surface area contributed by atoms with Gasteiger partial charge in [0.05, 0.1) is 0 Å². The van der Waals surface area contributed by atoms with Crippen molar-refractivity contribution in [3.8, 4) is 11.5 Å². The van der Waals surface area contributed by atoms with E-state index < -0.39 is 30.3 Å². The Morgan fingerprint density at radius 2 is 1.93 bits per heavy atom. The Labute approximate surface area is 173 Å². The number of imide groups is 2. The van der Waals surface area contributed by atoms with Gasteiger partial charge in [-0.2, -0.15) is 0 Å². The standard InChI is InChI=1S/C21H23N3O6/c1-11(15-7-12-2-3-13(15)6-12)24-20(27)19(26)23(21(24)28)9-18(25)22-14-4-5-16-17(8-14)30-10-29-16/h4-5,8,11-13,15H,2-3,6-7,9-10H2,1H3,(H,22,25). The summed E-state index contributed by atoms with van der Waals surface area (Å²) in [4.78, 5) is 52.1. The van der Waals surface area contributed by atoms with Crippen molar-refractivity contribution in [2.24, 2.45) is 17.8 Å². The number of benzene rings is 1. The van der Waals surface area contributed by atoms with Gasteiger partial charge in [-0.15, -0.1) is 0 Å². The zero-order valence-electron chi connectivity index (χ0n) is 16.6. The first kappa shape index (κ1) is 18.9. The molecule has 0 radical (unpaired) electrons. The summed E-state index contributed by atoms with van der Waals surface area (Å²) in [5, 5.41) is 2.63. The minimum atomic E-state index is -0.948. The molecule has 2 saturated carbocycles. The fourth-order valence-corrected chi connectivity index (χ4v) is 5.42. The van der Waals surface area contributed by atoms with Crippen LogP contribution >= 0.6 is 0 Å². The maximum absolute atomic E-state index is 12.9. The Bertz CT molecular complexity index is 947. The third-order valence-electron chi connectivity index (χ3n) is 6.86. The Kier molecular flexibility index (Phi) is 4.41. The van der Waals surface area contributed by atoms with Crippen molar-refractivity contribution >= 4 is 29.4 Å². The van der Waals surface area contributed by atoms with Crippen LogP contribution < -0.4 is 14.8 Å². The number of rotatable bonds is 5. The molecule has 3 fully saturated rings. The van der Waals surface area contributed by atoms with E-state index in [1.54, 1.807) is 18.2 Å². The van der Waals surface area contributed by atoms with E-state index in [0.29, 0.717) is 29.0 Å². The molecule has 4 unspecified atom stereocenters. The third-order valence-corrected chi connectivity index (χ3v) is 6.86. The van der Waals surface area contributed by atoms with Crippen molar-refractivity contribution < 1.29 is 28.7 Å². The van der Waals surface area contributed by atoms with Crippen LogP contribution in [0, 0.1) is 17.8 Å². The van der Waals surface area contributed by atoms with Crippen molar-refractivity contribution in [1.82, 2.24) is 9.80 Å². The maximum Gasteiger partial charge on any atom is 0.334 e. The smallest absolute Gasteiger partial charge is 0.334 e. The van der Waals surface area contributed by atoms with Crippen LogP contribution in [0.25, 0.3) is 0 Å². The van der Waals surface area contributed by atoms with Crippen LogP contribution in [-0.4, -0.2) is 52.9 Å². The predicted molar refractivity (Wildman–Crippen MR) is 104 cm³/mol. The van der Waals surface area contributed by atoms with Gasteiger partial charge in [-0.3, -0.25) is 19.3 Å². The Hall–Kier alpha value is -3.10. The lowest BCUT2D eigenvalue weighted by Gasteiger charge is -2.32. The van der Waals surface area contributed by atoms with E-state index in [0.717, 1.165) is 29.1 Å². The second-order valence-electron chi connectivity index (χ2n) is 8.54. The molecule has 4 aliphatic rings. The van der Waals surface area contributed by atoms with Crippen LogP contribution in [-0.2, 0) is 14.4 Å². The van der Waals surface area contributed by atoms with E-state index in [2.05, 4.69) is 5.32 Å². The Morgan fingerprint density at radius 3 is 2.67 bits per heavy atom. The van der Waals surface area contributed by atoms with E-state index in [1.807, 2.05) is 6.92 Å². The van der Waals surface area contributed by atoms with Crippen LogP contribution in [0.3, 0.4) is 0 Å². The lowest BCUT2D eigenvalue weighted by Crippen LogP contribution is -2.45. The molecule has 9 nitrogen and oxygen atoms in total. The number of ether oxygens (including phenoxy) is 2. The van der Waals surface area contributed by atoms with Gasteiger partial charge in [0, 0.05) is 17.8 Å². The van der Waals surface area contributed by atoms with Crippen LogP contribution in [0.15, 0.2) is 18.2 Å². The van der Waals surface area contributed by atoms with Gasteiger partial charge < -0.3 is 14.8 Å². The zero-order chi connectivity index (χ0) is 21.0. The minimum Gasteiger partial charge on any atom is -0.454 e. The van der Waals surface area contributed by atoms with E-state index in [9.17, 15) is 19.2 Å². The summed E-state index contributed by atoms with van der Waals surface area (Å²) in [6.45, 7) is 1.44. The number of carbonyl (C=O) groups is 4. The first-order valence-corrected chi connectivity index (χ1v) is 10.3. The van der Waals surface area contributed by atoms with Crippen molar-refractivity contribution in [3.63, 3.8) is 0 Å². The Balaban J connectivity index is 1.25. The zero-order valence-corrected chi connectivity index (χ0v) is 16.6. The highest BCUT2D eigenvalue weighted by Crippen LogP contribution is 2.50. The highest BCUT2D eigenvalue weighted by Gasteiger charge is 2.52. The van der Waals surface area contributed by atoms with Crippen molar-refractivity contribution in [1.29, 1.82) is 0 Å². The van der Waals surface area contributed by atoms with Gasteiger partial charge in [0.2, 0.25) is 12.7 Å². The fourth-order valence-electron chi connectivity index (χ4n) is 5.42. The molecule has 2 aliphatic heterocycles. The van der Waals surface area contributed by atoms with Crippen molar-refractivity contribution in [3.05, 3.63) is 18.2 Å². The summed E-state index contributed by atoms with van der Waals surface area (Å²) in [5.74, 6) is 0.112. The first-order chi connectivity index (χ1) is 14.4. The fraction of sp³-hybridized carbons (Fsp3) is 0.524. The second-order valence-corrected chi connectivity index (χ2v) is 8.54. The lowest BCUT2D eigenvalue weighted by atomic mass is 9.83. The molecule has 1 aromatic rings. The van der Waals surface area contributed by atoms with E-state index in [4.69, 9.17) is 9.47 Å². The van der Waals surface area contributed by atoms with Gasteiger partial charge in [-0.25, -0.2) is 9.69 Å². The number of nitrogens with one attached hydrogen (secondary N) is 1. The number of hydrogen-bond donors (Lipinski definition) is 1. The summed E-state index contributed by atoms with van der Waals surface area (Å²) in [6.07, 6.45) is 4.45. The number of fused-ring (bicyclic) bond motifs is 3. The molecule has 5 amide bonds. The summed E-state index contributed by atoms with van der Waals surface area (Å²) in [5.41, 5.74) is 0.446. The molecule has 0 spiro atoms. The van der Waals surface area contributed by atoms with Gasteiger partial charge in [-0.1, -0.05) is 6.42 Å². The van der Waals surface area contributed by atoms with E-state index in [1.165, 1.54) is 6.42 Å². The first-order valence-electron chi connectivity index (χ1n) is 10.3. The SMILES string of the molecule is CC(C1CC2CCC1C2)N1C(=O)C(=O)N(CC(=O)Nc2ccc3c(c2)OCO3)C1=O. The summed E-state index contributed by atoms with van der Waals surface area (Å²) >= 11 is 0. The van der Waals surface area contributed by atoms with Crippen LogP contribution in [0.5, 0.6) is 11.5 Å². The molecule has 30 heavy (non-hydrogen) atoms. The van der Waals surface area contributed by atoms with Crippen LogP contribution in [0.2, 0.25) is 0 Å². The molecule has 1 aromatic carbocycles. The number of urea groups is 1. The molecule has 1 saturated heterocycles. The molecule has 4 atom stereocenters. The number of nitrogens with zero attached hydrogens (tertiary/aromatic N) is 2. The number of carbonyl (C=O) groups excluding carboxylic acids is 4. The third kappa shape index (κ3) is 3.00. The molecule has 2 heterocycles. The highest BCUT2D eigenvalue weighted by atomic mass is 16.7. The summed E-state index contributed by atoms with van der Waals surface area (Å²) in [7, 11) is 0. The molecule has 2 aliphatic carbocycles. The molecular weight excluding hydrogens is 390 g/mol. The molecule has 9 heteroatoms. The molecule has 2 bridgehead atoms. The average molecular weight is 413 g/mol. The van der Waals surface area contributed by atoms with Crippen LogP contribution in [0.4, 0.5) is 10.5 Å². The maximum atomic E-state index is 12.9. The van der Waals surface area contributed by atoms with Crippen molar-refractivity contribution in [2.45, 2.75) is 38.6 Å². The Morgan fingerprint density at radius 1 is 1.13 bits per heavy atom. The summed E-state index contributed by atoms with van der Waals surface area (Å²) in [6, 6.07) is 3.84. The van der Waals surface area contributed by atoms with Gasteiger partial charge >= 0.3 is 17.8 Å². The minimum absolute atomic E-state index is 0.113. The molecule has 1 N–H and O–H groups in total. The summed E-state index contributed by atoms with van der Waals surface area (Å²) < 4.78 is 10.5. The molecule has 5 rings (SSSR count). The molecule has 0 aromatic heterocycles. The normalized spacial score (nSPS) is 27.9. The monoisotopic (exact) mass is 413 g/mol. The van der Waals surface area contributed by atoms with Gasteiger partial charge in [-0.05, 0) is 56.1 Å². The average Bonchev–Trinajstić information content (AvgIpc) is 3.49. The number of amides is 5. The van der Waals surface area contributed by atoms with Gasteiger partial charge in [0.1, 0.15) is 6.54 Å². The molecule has 158 valence electrons. The lowest BCUT2D eigenvalue weighted by molar-refractivity contribution is -0.144. The topological polar surface area (TPSA) is 105 Å². The quantitative estimate of drug-likeness (QED) is 0.585. The predicted octanol–water partition coefficient (Wildman–Crippen LogP) is 1.97.